The number of nitrogens with one attached hydrogen (secondary N) is 1. The summed E-state index contributed by atoms with van der Waals surface area (Å²) in [6.07, 6.45) is 0. The Bertz CT molecular complexity index is 241. The smallest absolute Gasteiger partial charge is 0.320 e. The zero-order chi connectivity index (χ0) is 11.6. The maximum Gasteiger partial charge on any atom is 0.320 e. The van der Waals surface area contributed by atoms with Gasteiger partial charge in [-0.3, -0.25) is 4.90 Å². The Morgan fingerprint density at radius 2 is 2.13 bits per heavy atom. The average Bonchev–Trinajstić information content (AvgIpc) is 2.44. The monoisotopic (exact) mass is 215 g/mol. The molecule has 3 N–H and O–H groups in total. The predicted molar refractivity (Wildman–Crippen MR) is 58.4 cm³/mol. The molecular weight excluding hydrogens is 194 g/mol. The van der Waals surface area contributed by atoms with Gasteiger partial charge in [-0.15, -0.1) is 0 Å². The van der Waals surface area contributed by atoms with E-state index in [2.05, 4.69) is 5.32 Å². The number of nitrogens with two attached hydrogens (primary N) is 1. The van der Waals surface area contributed by atoms with Crippen LogP contribution in [0.25, 0.3) is 0 Å². The van der Waals surface area contributed by atoms with E-state index in [-0.39, 0.29) is 23.7 Å². The molecule has 5 nitrogen and oxygen atoms in total. The highest BCUT2D eigenvalue weighted by molar-refractivity contribution is 5.75. The van der Waals surface area contributed by atoms with Crippen molar-refractivity contribution in [3.8, 4) is 0 Å². The van der Waals surface area contributed by atoms with Crippen LogP contribution in [0, 0.1) is 0 Å². The summed E-state index contributed by atoms with van der Waals surface area (Å²) in [6, 6.07) is -0.197. The van der Waals surface area contributed by atoms with Gasteiger partial charge in [0, 0.05) is 12.1 Å². The third-order valence-electron chi connectivity index (χ3n) is 2.79. The molecule has 0 radical (unpaired) electrons. The second-order valence-electron chi connectivity index (χ2n) is 4.82. The number of hydrogen-bond acceptors (Lipinski definition) is 3. The van der Waals surface area contributed by atoms with Gasteiger partial charge in [0.2, 0.25) is 0 Å². The van der Waals surface area contributed by atoms with E-state index in [1.807, 2.05) is 27.7 Å². The largest absolute Gasteiger partial charge is 0.359 e. The van der Waals surface area contributed by atoms with Crippen molar-refractivity contribution >= 4 is 6.03 Å². The van der Waals surface area contributed by atoms with Crippen molar-refractivity contribution in [2.75, 3.05) is 13.3 Å². The van der Waals surface area contributed by atoms with Gasteiger partial charge in [0.15, 0.2) is 0 Å². The first-order valence-electron chi connectivity index (χ1n) is 5.26. The summed E-state index contributed by atoms with van der Waals surface area (Å²) >= 11 is 0. The fourth-order valence-corrected chi connectivity index (χ4v) is 1.38. The highest BCUT2D eigenvalue weighted by atomic mass is 16.5. The first-order valence-corrected chi connectivity index (χ1v) is 5.26. The van der Waals surface area contributed by atoms with Crippen molar-refractivity contribution in [1.82, 2.24) is 10.2 Å². The molecule has 1 aliphatic rings. The van der Waals surface area contributed by atoms with Crippen LogP contribution in [0.5, 0.6) is 0 Å². The number of ether oxygens (including phenoxy) is 1. The molecule has 1 aliphatic heterocycles. The number of carbonyl (C=O) groups is 1. The van der Waals surface area contributed by atoms with Crippen LogP contribution in [0.4, 0.5) is 4.79 Å². The summed E-state index contributed by atoms with van der Waals surface area (Å²) in [5, 5.41) is 2.86. The van der Waals surface area contributed by atoms with Crippen LogP contribution >= 0.6 is 0 Å². The minimum atomic E-state index is -0.234. The number of carbonyl (C=O) groups excluding carboxylic acids is 1. The van der Waals surface area contributed by atoms with E-state index < -0.39 is 0 Å². The number of rotatable bonds is 2. The molecule has 2 unspecified atom stereocenters. The fourth-order valence-electron chi connectivity index (χ4n) is 1.38. The molecule has 0 bridgehead atoms. The summed E-state index contributed by atoms with van der Waals surface area (Å²) in [5.74, 6) is 0. The minimum absolute atomic E-state index is 0.0334. The average molecular weight is 215 g/mol. The van der Waals surface area contributed by atoms with Crippen LogP contribution in [0.15, 0.2) is 0 Å². The molecule has 0 spiro atoms. The van der Waals surface area contributed by atoms with Crippen LogP contribution in [0.2, 0.25) is 0 Å². The first kappa shape index (κ1) is 12.3. The van der Waals surface area contributed by atoms with Gasteiger partial charge in [-0.05, 0) is 27.7 Å². The Morgan fingerprint density at radius 1 is 1.53 bits per heavy atom. The summed E-state index contributed by atoms with van der Waals surface area (Å²) < 4.78 is 5.27. The number of amides is 2. The molecule has 1 heterocycles. The van der Waals surface area contributed by atoms with Crippen LogP contribution in [-0.2, 0) is 4.74 Å². The maximum absolute atomic E-state index is 11.9. The van der Waals surface area contributed by atoms with Gasteiger partial charge in [0.25, 0.3) is 0 Å². The highest BCUT2D eigenvalue weighted by Crippen LogP contribution is 2.21. The Balaban J connectivity index is 2.54. The third kappa shape index (κ3) is 2.82. The van der Waals surface area contributed by atoms with E-state index in [0.29, 0.717) is 13.3 Å². The Kier molecular flexibility index (Phi) is 3.57. The third-order valence-corrected chi connectivity index (χ3v) is 2.79. The normalized spacial score (nSPS) is 23.7. The minimum Gasteiger partial charge on any atom is -0.359 e. The lowest BCUT2D eigenvalue weighted by molar-refractivity contribution is 0.137. The second-order valence-corrected chi connectivity index (χ2v) is 4.82. The van der Waals surface area contributed by atoms with Crippen molar-refractivity contribution in [2.45, 2.75) is 45.3 Å². The maximum atomic E-state index is 11.9. The summed E-state index contributed by atoms with van der Waals surface area (Å²) in [7, 11) is 0. The molecule has 5 heteroatoms. The zero-order valence-corrected chi connectivity index (χ0v) is 9.91. The molecule has 2 amide bonds. The molecule has 1 rings (SSSR count). The topological polar surface area (TPSA) is 67.6 Å². The van der Waals surface area contributed by atoms with Gasteiger partial charge in [0.1, 0.15) is 6.73 Å². The molecule has 0 aromatic carbocycles. The van der Waals surface area contributed by atoms with Crippen LogP contribution in [0.1, 0.15) is 27.7 Å². The molecule has 1 saturated heterocycles. The fraction of sp³-hybridized carbons (Fsp3) is 0.900. The number of nitrogens with zero attached hydrogens (tertiary/aromatic N) is 1. The van der Waals surface area contributed by atoms with Gasteiger partial charge in [-0.1, -0.05) is 0 Å². The van der Waals surface area contributed by atoms with Crippen molar-refractivity contribution < 1.29 is 9.53 Å². The second kappa shape index (κ2) is 4.37. The van der Waals surface area contributed by atoms with E-state index in [4.69, 9.17) is 10.5 Å². The standard InChI is InChI=1S/C10H21N3O2/c1-7(11)8(2)12-9(14)13-6-15-5-10(13,3)4/h7-8H,5-6,11H2,1-4H3,(H,12,14). The zero-order valence-electron chi connectivity index (χ0n) is 9.91. The van der Waals surface area contributed by atoms with Gasteiger partial charge < -0.3 is 15.8 Å². The van der Waals surface area contributed by atoms with E-state index in [0.717, 1.165) is 0 Å². The Hall–Kier alpha value is -0.810. The Morgan fingerprint density at radius 3 is 2.53 bits per heavy atom. The molecule has 15 heavy (non-hydrogen) atoms. The Labute approximate surface area is 90.9 Å². The lowest BCUT2D eigenvalue weighted by atomic mass is 10.1. The molecule has 0 aliphatic carbocycles. The number of hydrogen-bond donors (Lipinski definition) is 2. The van der Waals surface area contributed by atoms with Crippen LogP contribution in [-0.4, -0.2) is 41.9 Å². The van der Waals surface area contributed by atoms with E-state index in [9.17, 15) is 4.79 Å². The molecule has 0 aromatic rings. The van der Waals surface area contributed by atoms with Crippen molar-refractivity contribution in [3.05, 3.63) is 0 Å². The van der Waals surface area contributed by atoms with Crippen molar-refractivity contribution in [3.63, 3.8) is 0 Å². The van der Waals surface area contributed by atoms with Crippen LogP contribution in [0.3, 0.4) is 0 Å². The molecule has 0 saturated carbocycles. The molecule has 2 atom stereocenters. The first-order chi connectivity index (χ1) is 6.84. The van der Waals surface area contributed by atoms with E-state index in [1.165, 1.54) is 0 Å². The lowest BCUT2D eigenvalue weighted by Gasteiger charge is -2.31. The van der Waals surface area contributed by atoms with Gasteiger partial charge in [-0.25, -0.2) is 4.79 Å². The summed E-state index contributed by atoms with van der Waals surface area (Å²) in [5.41, 5.74) is 5.45. The highest BCUT2D eigenvalue weighted by Gasteiger charge is 2.36. The quantitative estimate of drug-likeness (QED) is 0.705. The number of urea groups is 1. The van der Waals surface area contributed by atoms with Gasteiger partial charge in [-0.2, -0.15) is 0 Å². The summed E-state index contributed by atoms with van der Waals surface area (Å²) in [4.78, 5) is 13.5. The van der Waals surface area contributed by atoms with Gasteiger partial charge in [0.05, 0.1) is 12.1 Å². The van der Waals surface area contributed by atoms with E-state index >= 15 is 0 Å². The molecule has 1 fully saturated rings. The predicted octanol–water partition coefficient (Wildman–Crippen LogP) is 0.500. The SMILES string of the molecule is CC(N)C(C)NC(=O)N1COCC1(C)C. The van der Waals surface area contributed by atoms with Crippen molar-refractivity contribution in [1.29, 1.82) is 0 Å². The van der Waals surface area contributed by atoms with Crippen molar-refractivity contribution in [2.24, 2.45) is 5.73 Å². The molecule has 88 valence electrons. The molecule has 0 aromatic heterocycles. The van der Waals surface area contributed by atoms with Crippen LogP contribution < -0.4 is 11.1 Å². The van der Waals surface area contributed by atoms with Gasteiger partial charge >= 0.3 is 6.03 Å². The lowest BCUT2D eigenvalue weighted by Crippen LogP contribution is -2.54. The molecular formula is C10H21N3O2. The van der Waals surface area contributed by atoms with E-state index in [1.54, 1.807) is 4.90 Å². The summed E-state index contributed by atoms with van der Waals surface area (Å²) in [6.45, 7) is 8.66.